The molecule has 1 aliphatic heterocycles. The molecule has 0 bridgehead atoms. The summed E-state index contributed by atoms with van der Waals surface area (Å²) in [5, 5.41) is 14.3. The number of hydrogen-bond acceptors (Lipinski definition) is 2. The van der Waals surface area contributed by atoms with Crippen molar-refractivity contribution in [3.8, 4) is 0 Å². The average Bonchev–Trinajstić information content (AvgIpc) is 3.06. The molecule has 3 atom stereocenters. The van der Waals surface area contributed by atoms with Gasteiger partial charge in [0.1, 0.15) is 0 Å². The summed E-state index contributed by atoms with van der Waals surface area (Å²) in [7, 11) is 0. The first kappa shape index (κ1) is 16.5. The van der Waals surface area contributed by atoms with Crippen LogP contribution in [0.15, 0.2) is 42.5 Å². The quantitative estimate of drug-likeness (QED) is 0.651. The van der Waals surface area contributed by atoms with Crippen LogP contribution in [0, 0.1) is 12.8 Å². The maximum atomic E-state index is 11.7. The zero-order valence-corrected chi connectivity index (χ0v) is 15.1. The number of carboxylic acid groups (broad SMARTS) is 1. The van der Waals surface area contributed by atoms with E-state index in [1.807, 2.05) is 31.2 Å². The van der Waals surface area contributed by atoms with Gasteiger partial charge in [-0.3, -0.25) is 0 Å². The first-order valence-electron chi connectivity index (χ1n) is 8.22. The van der Waals surface area contributed by atoms with E-state index in [9.17, 15) is 9.90 Å². The van der Waals surface area contributed by atoms with Gasteiger partial charge in [0.25, 0.3) is 0 Å². The zero-order valence-electron chi connectivity index (χ0n) is 13.6. The molecule has 3 nitrogen and oxygen atoms in total. The molecule has 4 rings (SSSR count). The highest BCUT2D eigenvalue weighted by Gasteiger charge is 2.40. The van der Waals surface area contributed by atoms with E-state index in [1.165, 1.54) is 0 Å². The molecule has 0 unspecified atom stereocenters. The van der Waals surface area contributed by atoms with Crippen molar-refractivity contribution >= 4 is 34.9 Å². The smallest absolute Gasteiger partial charge is 0.336 e. The van der Waals surface area contributed by atoms with Crippen LogP contribution in [0.25, 0.3) is 0 Å². The predicted molar refractivity (Wildman–Crippen MR) is 101 cm³/mol. The summed E-state index contributed by atoms with van der Waals surface area (Å²) >= 11 is 12.3. The summed E-state index contributed by atoms with van der Waals surface area (Å²) in [5.41, 5.74) is 4.30. The summed E-state index contributed by atoms with van der Waals surface area (Å²) in [6, 6.07) is 9.33. The fourth-order valence-electron chi connectivity index (χ4n) is 4.08. The van der Waals surface area contributed by atoms with Gasteiger partial charge in [-0.2, -0.15) is 0 Å². The maximum Gasteiger partial charge on any atom is 0.336 e. The molecule has 0 fully saturated rings. The standard InChI is InChI=1S/C20H17Cl2NO2/c1-10-5-7-14(20(24)25)17-12-3-2-4-13(12)19(23-18(10)17)11-6-8-15(21)16(22)9-11/h2-3,5-9,12-13,19,23H,4H2,1H3,(H,24,25)/t12-,13+,19+/m1/s1. The van der Waals surface area contributed by atoms with E-state index in [4.69, 9.17) is 23.2 Å². The van der Waals surface area contributed by atoms with E-state index in [2.05, 4.69) is 17.5 Å². The number of aryl methyl sites for hydroxylation is 1. The van der Waals surface area contributed by atoms with E-state index in [0.717, 1.165) is 28.8 Å². The number of allylic oxidation sites excluding steroid dienone is 2. The molecule has 2 aromatic rings. The lowest BCUT2D eigenvalue weighted by Gasteiger charge is -2.39. The van der Waals surface area contributed by atoms with Crippen LogP contribution in [-0.2, 0) is 0 Å². The van der Waals surface area contributed by atoms with Gasteiger partial charge < -0.3 is 10.4 Å². The summed E-state index contributed by atoms with van der Waals surface area (Å²) in [6.45, 7) is 2.00. The van der Waals surface area contributed by atoms with E-state index in [1.54, 1.807) is 6.07 Å². The number of carbonyl (C=O) groups is 1. The van der Waals surface area contributed by atoms with Crippen LogP contribution in [0.1, 0.15) is 45.4 Å². The Bertz CT molecular complexity index is 907. The minimum absolute atomic E-state index is 0.0602. The number of rotatable bonds is 2. The van der Waals surface area contributed by atoms with E-state index in [0.29, 0.717) is 15.6 Å². The second-order valence-corrected chi connectivity index (χ2v) is 7.49. The Morgan fingerprint density at radius 3 is 2.72 bits per heavy atom. The number of hydrogen-bond donors (Lipinski definition) is 2. The molecule has 0 aromatic heterocycles. The van der Waals surface area contributed by atoms with E-state index < -0.39 is 5.97 Å². The van der Waals surface area contributed by atoms with Crippen molar-refractivity contribution in [1.29, 1.82) is 0 Å². The van der Waals surface area contributed by atoms with E-state index in [-0.39, 0.29) is 17.9 Å². The molecule has 0 saturated carbocycles. The largest absolute Gasteiger partial charge is 0.478 e. The van der Waals surface area contributed by atoms with Gasteiger partial charge >= 0.3 is 5.97 Å². The van der Waals surface area contributed by atoms with Crippen molar-refractivity contribution in [3.63, 3.8) is 0 Å². The fourth-order valence-corrected chi connectivity index (χ4v) is 4.38. The molecular formula is C20H17Cl2NO2. The molecule has 2 aromatic carbocycles. The van der Waals surface area contributed by atoms with Crippen molar-refractivity contribution in [3.05, 3.63) is 74.8 Å². The zero-order chi connectivity index (χ0) is 17.7. The molecule has 0 radical (unpaired) electrons. The van der Waals surface area contributed by atoms with Crippen LogP contribution in [0.3, 0.4) is 0 Å². The molecule has 5 heteroatoms. The highest BCUT2D eigenvalue weighted by molar-refractivity contribution is 6.42. The van der Waals surface area contributed by atoms with Crippen LogP contribution in [0.4, 0.5) is 5.69 Å². The SMILES string of the molecule is Cc1ccc(C(=O)O)c2c1N[C@@H](c1ccc(Cl)c(Cl)c1)[C@H]1CC=C[C@@H]21. The molecule has 25 heavy (non-hydrogen) atoms. The number of carboxylic acids is 1. The highest BCUT2D eigenvalue weighted by atomic mass is 35.5. The maximum absolute atomic E-state index is 11.7. The van der Waals surface area contributed by atoms with Crippen molar-refractivity contribution in [2.45, 2.75) is 25.3 Å². The predicted octanol–water partition coefficient (Wildman–Crippen LogP) is 5.83. The summed E-state index contributed by atoms with van der Waals surface area (Å²) in [4.78, 5) is 11.7. The first-order chi connectivity index (χ1) is 12.0. The van der Waals surface area contributed by atoms with Crippen molar-refractivity contribution < 1.29 is 9.90 Å². The molecule has 1 aliphatic carbocycles. The number of halogens is 2. The average molecular weight is 374 g/mol. The van der Waals surface area contributed by atoms with Crippen molar-refractivity contribution in [2.75, 3.05) is 5.32 Å². The molecule has 1 heterocycles. The van der Waals surface area contributed by atoms with Crippen LogP contribution in [0.5, 0.6) is 0 Å². The van der Waals surface area contributed by atoms with Crippen molar-refractivity contribution in [2.24, 2.45) is 5.92 Å². The van der Waals surface area contributed by atoms with Crippen LogP contribution >= 0.6 is 23.2 Å². The second kappa shape index (κ2) is 6.08. The summed E-state index contributed by atoms with van der Waals surface area (Å²) in [6.07, 6.45) is 5.18. The van der Waals surface area contributed by atoms with Crippen LogP contribution < -0.4 is 5.32 Å². The molecule has 0 amide bonds. The molecule has 2 N–H and O–H groups in total. The van der Waals surface area contributed by atoms with Crippen LogP contribution in [-0.4, -0.2) is 11.1 Å². The number of benzene rings is 2. The Hall–Kier alpha value is -1.97. The molecule has 2 aliphatic rings. The topological polar surface area (TPSA) is 49.3 Å². The lowest BCUT2D eigenvalue weighted by molar-refractivity contribution is 0.0695. The van der Waals surface area contributed by atoms with Gasteiger partial charge in [-0.15, -0.1) is 0 Å². The second-order valence-electron chi connectivity index (χ2n) is 6.67. The molecule has 0 spiro atoms. The van der Waals surface area contributed by atoms with Gasteiger partial charge in [0, 0.05) is 11.6 Å². The molecule has 128 valence electrons. The Labute approximate surface area is 156 Å². The Morgan fingerprint density at radius 2 is 2.00 bits per heavy atom. The number of fused-ring (bicyclic) bond motifs is 3. The number of nitrogens with one attached hydrogen (secondary N) is 1. The highest BCUT2D eigenvalue weighted by Crippen LogP contribution is 2.52. The third-order valence-corrected chi connectivity index (χ3v) is 6.00. The van der Waals surface area contributed by atoms with Gasteiger partial charge in [0.05, 0.1) is 21.7 Å². The van der Waals surface area contributed by atoms with Gasteiger partial charge in [-0.05, 0) is 54.2 Å². The lowest BCUT2D eigenvalue weighted by Crippen LogP contribution is -2.31. The fraction of sp³-hybridized carbons (Fsp3) is 0.250. The van der Waals surface area contributed by atoms with Gasteiger partial charge in [0.15, 0.2) is 0 Å². The Morgan fingerprint density at radius 1 is 1.20 bits per heavy atom. The molecular weight excluding hydrogens is 357 g/mol. The minimum atomic E-state index is -0.884. The van der Waals surface area contributed by atoms with Crippen LogP contribution in [0.2, 0.25) is 10.0 Å². The lowest BCUT2D eigenvalue weighted by atomic mass is 9.75. The summed E-state index contributed by atoms with van der Waals surface area (Å²) in [5.74, 6) is -0.545. The number of anilines is 1. The third-order valence-electron chi connectivity index (χ3n) is 5.26. The van der Waals surface area contributed by atoms with E-state index >= 15 is 0 Å². The minimum Gasteiger partial charge on any atom is -0.478 e. The summed E-state index contributed by atoms with van der Waals surface area (Å²) < 4.78 is 0. The Balaban J connectivity index is 1.87. The first-order valence-corrected chi connectivity index (χ1v) is 8.98. The Kier molecular flexibility index (Phi) is 4.01. The van der Waals surface area contributed by atoms with Gasteiger partial charge in [0.2, 0.25) is 0 Å². The number of aromatic carboxylic acids is 1. The third kappa shape index (κ3) is 2.62. The van der Waals surface area contributed by atoms with Gasteiger partial charge in [-0.25, -0.2) is 4.79 Å². The van der Waals surface area contributed by atoms with Crippen molar-refractivity contribution in [1.82, 2.24) is 0 Å². The van der Waals surface area contributed by atoms with Gasteiger partial charge in [-0.1, -0.05) is 47.5 Å². The normalized spacial score (nSPS) is 23.7. The monoisotopic (exact) mass is 373 g/mol. The molecule has 0 saturated heterocycles.